The minimum atomic E-state index is 0.771. The number of halogens is 1. The predicted molar refractivity (Wildman–Crippen MR) is 61.0 cm³/mol. The van der Waals surface area contributed by atoms with Crippen molar-refractivity contribution in [2.75, 3.05) is 39.2 Å². The number of ether oxygens (including phenoxy) is 1. The Balaban J connectivity index is 1.98. The van der Waals surface area contributed by atoms with Crippen molar-refractivity contribution in [1.29, 1.82) is 0 Å². The molecule has 1 fully saturated rings. The van der Waals surface area contributed by atoms with Crippen LogP contribution in [0.4, 0.5) is 0 Å². The van der Waals surface area contributed by atoms with Gasteiger partial charge in [0.2, 0.25) is 0 Å². The molecule has 3 heteroatoms. The molecular weight excluding hydrogens is 198 g/mol. The maximum absolute atomic E-state index is 5.63. The van der Waals surface area contributed by atoms with E-state index in [-0.39, 0.29) is 0 Å². The van der Waals surface area contributed by atoms with Gasteiger partial charge < -0.3 is 9.64 Å². The fourth-order valence-electron chi connectivity index (χ4n) is 2.09. The lowest BCUT2D eigenvalue weighted by Gasteiger charge is -2.15. The smallest absolute Gasteiger partial charge is 0.0503 e. The first-order chi connectivity index (χ1) is 6.86. The van der Waals surface area contributed by atoms with Crippen molar-refractivity contribution in [3.05, 3.63) is 0 Å². The summed E-state index contributed by atoms with van der Waals surface area (Å²) in [7, 11) is 1.79. The van der Waals surface area contributed by atoms with Gasteiger partial charge in [-0.25, -0.2) is 0 Å². The molecule has 0 aliphatic carbocycles. The summed E-state index contributed by atoms with van der Waals surface area (Å²) in [5.74, 6) is 1.58. The third-order valence-corrected chi connectivity index (χ3v) is 3.15. The summed E-state index contributed by atoms with van der Waals surface area (Å²) in [5, 5.41) is 0. The van der Waals surface area contributed by atoms with Gasteiger partial charge in [-0.05, 0) is 38.3 Å². The number of hydrogen-bond acceptors (Lipinski definition) is 2. The van der Waals surface area contributed by atoms with Crippen molar-refractivity contribution < 1.29 is 4.74 Å². The first-order valence-corrected chi connectivity index (χ1v) is 6.17. The topological polar surface area (TPSA) is 12.5 Å². The number of nitrogens with zero attached hydrogens (tertiary/aromatic N) is 1. The zero-order chi connectivity index (χ0) is 10.2. The molecule has 1 heterocycles. The minimum Gasteiger partial charge on any atom is -0.384 e. The molecule has 0 radical (unpaired) electrons. The molecule has 1 aliphatic heterocycles. The maximum atomic E-state index is 5.63. The molecule has 0 amide bonds. The van der Waals surface area contributed by atoms with Gasteiger partial charge in [0.05, 0.1) is 6.61 Å². The van der Waals surface area contributed by atoms with Crippen molar-refractivity contribution in [3.63, 3.8) is 0 Å². The van der Waals surface area contributed by atoms with Gasteiger partial charge in [-0.3, -0.25) is 0 Å². The van der Waals surface area contributed by atoms with Crippen LogP contribution in [-0.2, 0) is 4.74 Å². The van der Waals surface area contributed by atoms with E-state index in [1.165, 1.54) is 38.9 Å². The summed E-state index contributed by atoms with van der Waals surface area (Å²) < 4.78 is 5.17. The van der Waals surface area contributed by atoms with Crippen LogP contribution in [0.5, 0.6) is 0 Å². The monoisotopic (exact) mass is 219 g/mol. The summed E-state index contributed by atoms with van der Waals surface area (Å²) in [5.41, 5.74) is 0. The molecule has 1 unspecified atom stereocenters. The summed E-state index contributed by atoms with van der Waals surface area (Å²) in [6.45, 7) is 4.67. The molecule has 1 rings (SSSR count). The van der Waals surface area contributed by atoms with Gasteiger partial charge in [-0.15, -0.1) is 11.6 Å². The summed E-state index contributed by atoms with van der Waals surface area (Å²) in [6.07, 6.45) is 5.04. The van der Waals surface area contributed by atoms with Crippen LogP contribution in [0.15, 0.2) is 0 Å². The van der Waals surface area contributed by atoms with E-state index < -0.39 is 0 Å². The maximum Gasteiger partial charge on any atom is 0.0503 e. The van der Waals surface area contributed by atoms with Gasteiger partial charge in [0, 0.05) is 19.5 Å². The third kappa shape index (κ3) is 4.63. The number of methoxy groups -OCH3 is 1. The van der Waals surface area contributed by atoms with Gasteiger partial charge in [0.25, 0.3) is 0 Å². The lowest BCUT2D eigenvalue weighted by molar-refractivity contribution is 0.153. The van der Waals surface area contributed by atoms with E-state index >= 15 is 0 Å². The number of likely N-dealkylation sites (tertiary alicyclic amines) is 1. The number of unbranched alkanes of at least 4 members (excludes halogenated alkanes) is 2. The highest BCUT2D eigenvalue weighted by atomic mass is 35.5. The van der Waals surface area contributed by atoms with Crippen LogP contribution < -0.4 is 0 Å². The molecule has 0 saturated carbocycles. The number of alkyl halides is 1. The van der Waals surface area contributed by atoms with Gasteiger partial charge in [0.1, 0.15) is 0 Å². The second kappa shape index (κ2) is 7.49. The van der Waals surface area contributed by atoms with Crippen molar-refractivity contribution in [2.45, 2.75) is 25.7 Å². The third-order valence-electron chi connectivity index (χ3n) is 2.88. The average Bonchev–Trinajstić information content (AvgIpc) is 2.61. The summed E-state index contributed by atoms with van der Waals surface area (Å²) in [6, 6.07) is 0. The second-order valence-electron chi connectivity index (χ2n) is 4.16. The molecule has 0 aromatic heterocycles. The minimum absolute atomic E-state index is 0.771. The molecule has 0 aromatic carbocycles. The molecule has 84 valence electrons. The van der Waals surface area contributed by atoms with Crippen LogP contribution >= 0.6 is 11.6 Å². The Labute approximate surface area is 92.6 Å². The molecule has 14 heavy (non-hydrogen) atoms. The molecule has 2 nitrogen and oxygen atoms in total. The highest BCUT2D eigenvalue weighted by Crippen LogP contribution is 2.16. The highest BCUT2D eigenvalue weighted by Gasteiger charge is 2.21. The van der Waals surface area contributed by atoms with Crippen LogP contribution in [0.1, 0.15) is 25.7 Å². The van der Waals surface area contributed by atoms with Crippen LogP contribution in [0, 0.1) is 5.92 Å². The van der Waals surface area contributed by atoms with E-state index in [9.17, 15) is 0 Å². The molecule has 0 spiro atoms. The summed E-state index contributed by atoms with van der Waals surface area (Å²) >= 11 is 5.63. The Morgan fingerprint density at radius 1 is 1.36 bits per heavy atom. The van der Waals surface area contributed by atoms with E-state index in [2.05, 4.69) is 4.90 Å². The number of hydrogen-bond donors (Lipinski definition) is 0. The van der Waals surface area contributed by atoms with Crippen molar-refractivity contribution in [2.24, 2.45) is 5.92 Å². The SMILES string of the molecule is COCC1CCN(CCCCCCl)C1. The van der Waals surface area contributed by atoms with E-state index in [0.29, 0.717) is 0 Å². The van der Waals surface area contributed by atoms with Crippen molar-refractivity contribution in [3.8, 4) is 0 Å². The zero-order valence-electron chi connectivity index (χ0n) is 9.17. The van der Waals surface area contributed by atoms with Crippen LogP contribution in [-0.4, -0.2) is 44.1 Å². The first kappa shape index (κ1) is 12.3. The lowest BCUT2D eigenvalue weighted by atomic mass is 10.1. The van der Waals surface area contributed by atoms with E-state index in [1.54, 1.807) is 7.11 Å². The Hall–Kier alpha value is 0.210. The quantitative estimate of drug-likeness (QED) is 0.482. The summed E-state index contributed by atoms with van der Waals surface area (Å²) in [4.78, 5) is 2.55. The number of rotatable bonds is 7. The van der Waals surface area contributed by atoms with Crippen molar-refractivity contribution in [1.82, 2.24) is 4.90 Å². The Morgan fingerprint density at radius 2 is 2.21 bits per heavy atom. The largest absolute Gasteiger partial charge is 0.384 e. The molecule has 1 saturated heterocycles. The van der Waals surface area contributed by atoms with Crippen LogP contribution in [0.25, 0.3) is 0 Å². The zero-order valence-corrected chi connectivity index (χ0v) is 9.93. The molecule has 0 N–H and O–H groups in total. The fraction of sp³-hybridized carbons (Fsp3) is 1.00. The van der Waals surface area contributed by atoms with Crippen LogP contribution in [0.3, 0.4) is 0 Å². The standard InChI is InChI=1S/C11H22ClNO/c1-14-10-11-5-8-13(9-11)7-4-2-3-6-12/h11H,2-10H2,1H3. The molecular formula is C11H22ClNO. The van der Waals surface area contributed by atoms with E-state index in [1.807, 2.05) is 0 Å². The van der Waals surface area contributed by atoms with Gasteiger partial charge in [-0.1, -0.05) is 6.42 Å². The molecule has 0 bridgehead atoms. The highest BCUT2D eigenvalue weighted by molar-refractivity contribution is 6.17. The first-order valence-electron chi connectivity index (χ1n) is 5.64. The van der Waals surface area contributed by atoms with Crippen LogP contribution in [0.2, 0.25) is 0 Å². The van der Waals surface area contributed by atoms with Crippen molar-refractivity contribution >= 4 is 11.6 Å². The second-order valence-corrected chi connectivity index (χ2v) is 4.54. The normalized spacial score (nSPS) is 23.1. The average molecular weight is 220 g/mol. The Bertz CT molecular complexity index is 143. The molecule has 1 atom stereocenters. The van der Waals surface area contributed by atoms with Gasteiger partial charge in [-0.2, -0.15) is 0 Å². The lowest BCUT2D eigenvalue weighted by Crippen LogP contribution is -2.22. The molecule has 0 aromatic rings. The Kier molecular flexibility index (Phi) is 6.57. The fourth-order valence-corrected chi connectivity index (χ4v) is 2.28. The van der Waals surface area contributed by atoms with E-state index in [4.69, 9.17) is 16.3 Å². The van der Waals surface area contributed by atoms with Gasteiger partial charge >= 0.3 is 0 Å². The Morgan fingerprint density at radius 3 is 2.93 bits per heavy atom. The van der Waals surface area contributed by atoms with E-state index in [0.717, 1.165) is 24.8 Å². The molecule has 1 aliphatic rings. The predicted octanol–water partition coefficient (Wildman–Crippen LogP) is 2.36. The van der Waals surface area contributed by atoms with Gasteiger partial charge in [0.15, 0.2) is 0 Å².